The minimum atomic E-state index is -1.34. The summed E-state index contributed by atoms with van der Waals surface area (Å²) in [5, 5.41) is 15.2. The average molecular weight is 532 g/mol. The van der Waals surface area contributed by atoms with E-state index >= 15 is 4.39 Å². The highest BCUT2D eigenvalue weighted by Crippen LogP contribution is 2.42. The van der Waals surface area contributed by atoms with Gasteiger partial charge in [0.25, 0.3) is 0 Å². The molecule has 8 heteroatoms. The third kappa shape index (κ3) is 5.01. The Bertz CT molecular complexity index is 1570. The lowest BCUT2D eigenvalue weighted by molar-refractivity contribution is -0.160. The van der Waals surface area contributed by atoms with Crippen molar-refractivity contribution in [2.24, 2.45) is 0 Å². The first-order chi connectivity index (χ1) is 18.5. The van der Waals surface area contributed by atoms with Crippen molar-refractivity contribution < 1.29 is 23.8 Å². The zero-order valence-corrected chi connectivity index (χ0v) is 23.3. The SMILES string of the molecule is CCc1ccc(-c2cc3nc(C)c(C(OC(C)(C)C)C(=O)O)c(-c4cc(F)c5c(c4C)CCCO5)n3n2)cc1. The van der Waals surface area contributed by atoms with Gasteiger partial charge in [-0.2, -0.15) is 5.10 Å². The number of fused-ring (bicyclic) bond motifs is 2. The number of nitrogens with zero attached hydrogens (tertiary/aromatic N) is 3. The van der Waals surface area contributed by atoms with Crippen LogP contribution in [0.4, 0.5) is 4.39 Å². The first-order valence-corrected chi connectivity index (χ1v) is 13.3. The van der Waals surface area contributed by atoms with Gasteiger partial charge in [-0.1, -0.05) is 31.2 Å². The molecule has 0 bridgehead atoms. The Hall–Kier alpha value is -3.78. The molecule has 0 spiro atoms. The van der Waals surface area contributed by atoms with Crippen LogP contribution in [0.5, 0.6) is 5.75 Å². The molecule has 1 aliphatic rings. The van der Waals surface area contributed by atoms with Crippen LogP contribution in [0.3, 0.4) is 0 Å². The Morgan fingerprint density at radius 2 is 1.92 bits per heavy atom. The quantitative estimate of drug-likeness (QED) is 0.300. The van der Waals surface area contributed by atoms with Gasteiger partial charge in [-0.3, -0.25) is 0 Å². The number of hydrogen-bond acceptors (Lipinski definition) is 5. The van der Waals surface area contributed by atoms with Crippen LogP contribution < -0.4 is 4.74 Å². The minimum absolute atomic E-state index is 0.268. The first-order valence-electron chi connectivity index (χ1n) is 13.3. The fourth-order valence-electron chi connectivity index (χ4n) is 5.25. The largest absolute Gasteiger partial charge is 0.490 e. The van der Waals surface area contributed by atoms with Gasteiger partial charge in [0.15, 0.2) is 23.3 Å². The van der Waals surface area contributed by atoms with Gasteiger partial charge in [-0.05, 0) is 71.1 Å². The average Bonchev–Trinajstić information content (AvgIpc) is 3.32. The predicted octanol–water partition coefficient (Wildman–Crippen LogP) is 6.65. The summed E-state index contributed by atoms with van der Waals surface area (Å²) in [6.45, 7) is 11.7. The predicted molar refractivity (Wildman–Crippen MR) is 148 cm³/mol. The standard InChI is InChI=1S/C31H34FN3O4/c1-7-19-10-12-20(13-11-19)24-16-25-33-18(3)26(29(30(36)37)39-31(4,5)6)27(35(25)34-24)22-15-23(32)28-21(17(22)2)9-8-14-38-28/h10-13,15-16,29H,7-9,14H2,1-6H3,(H,36,37). The summed E-state index contributed by atoms with van der Waals surface area (Å²) >= 11 is 0. The lowest BCUT2D eigenvalue weighted by Gasteiger charge is -2.28. The van der Waals surface area contributed by atoms with Crippen molar-refractivity contribution in [3.05, 3.63) is 70.2 Å². The molecule has 0 amide bonds. The number of carboxylic acids is 1. The fourth-order valence-corrected chi connectivity index (χ4v) is 5.25. The van der Waals surface area contributed by atoms with E-state index in [1.165, 1.54) is 11.6 Å². The van der Waals surface area contributed by atoms with Gasteiger partial charge in [0.05, 0.1) is 23.6 Å². The molecule has 1 unspecified atom stereocenters. The molecular weight excluding hydrogens is 497 g/mol. The van der Waals surface area contributed by atoms with Gasteiger partial charge >= 0.3 is 5.97 Å². The molecule has 0 fully saturated rings. The van der Waals surface area contributed by atoms with Crippen LogP contribution in [-0.2, 0) is 22.4 Å². The summed E-state index contributed by atoms with van der Waals surface area (Å²) in [6.07, 6.45) is 1.03. The van der Waals surface area contributed by atoms with E-state index in [1.807, 2.05) is 25.1 Å². The molecule has 0 aliphatic carbocycles. The summed E-state index contributed by atoms with van der Waals surface area (Å²) in [5.74, 6) is -1.37. The number of aryl methyl sites for hydroxylation is 2. The van der Waals surface area contributed by atoms with E-state index in [1.54, 1.807) is 32.2 Å². The van der Waals surface area contributed by atoms with Gasteiger partial charge in [0.1, 0.15) is 0 Å². The van der Waals surface area contributed by atoms with Crippen molar-refractivity contribution in [3.8, 4) is 28.3 Å². The molecule has 1 aliphatic heterocycles. The summed E-state index contributed by atoms with van der Waals surface area (Å²) in [4.78, 5) is 17.4. The number of hydrogen-bond donors (Lipinski definition) is 1. The van der Waals surface area contributed by atoms with E-state index in [-0.39, 0.29) is 5.75 Å². The van der Waals surface area contributed by atoms with Crippen LogP contribution in [-0.4, -0.2) is 37.9 Å². The maximum Gasteiger partial charge on any atom is 0.337 e. The fraction of sp³-hybridized carbons (Fsp3) is 0.387. The van der Waals surface area contributed by atoms with E-state index in [9.17, 15) is 9.90 Å². The molecule has 1 N–H and O–H groups in total. The zero-order valence-electron chi connectivity index (χ0n) is 23.3. The second-order valence-corrected chi connectivity index (χ2v) is 11.0. The number of rotatable bonds is 6. The summed E-state index contributed by atoms with van der Waals surface area (Å²) in [5.41, 5.74) is 6.02. The number of aromatic nitrogens is 3. The van der Waals surface area contributed by atoms with Crippen molar-refractivity contribution >= 4 is 11.6 Å². The Labute approximate surface area is 227 Å². The second kappa shape index (κ2) is 10.1. The molecule has 2 aromatic carbocycles. The highest BCUT2D eigenvalue weighted by molar-refractivity contribution is 5.82. The molecule has 1 atom stereocenters. The maximum atomic E-state index is 15.5. The normalized spacial score (nSPS) is 14.2. The molecule has 39 heavy (non-hydrogen) atoms. The number of halogens is 1. The number of aliphatic carboxylic acids is 1. The number of ether oxygens (including phenoxy) is 2. The molecule has 4 aromatic rings. The van der Waals surface area contributed by atoms with E-state index in [0.717, 1.165) is 29.5 Å². The van der Waals surface area contributed by atoms with E-state index in [2.05, 4.69) is 19.1 Å². The van der Waals surface area contributed by atoms with Crippen molar-refractivity contribution in [1.29, 1.82) is 0 Å². The van der Waals surface area contributed by atoms with E-state index in [0.29, 0.717) is 46.9 Å². The molecule has 0 saturated heterocycles. The van der Waals surface area contributed by atoms with Crippen molar-refractivity contribution in [3.63, 3.8) is 0 Å². The highest BCUT2D eigenvalue weighted by Gasteiger charge is 2.34. The highest BCUT2D eigenvalue weighted by atomic mass is 19.1. The first kappa shape index (κ1) is 26.8. The molecule has 3 heterocycles. The van der Waals surface area contributed by atoms with Crippen molar-refractivity contribution in [1.82, 2.24) is 14.6 Å². The summed E-state index contributed by atoms with van der Waals surface area (Å²) in [6, 6.07) is 11.4. The molecule has 2 aromatic heterocycles. The van der Waals surface area contributed by atoms with Crippen LogP contribution >= 0.6 is 0 Å². The zero-order chi connectivity index (χ0) is 28.1. The molecule has 5 rings (SSSR count). The summed E-state index contributed by atoms with van der Waals surface area (Å²) in [7, 11) is 0. The lowest BCUT2D eigenvalue weighted by atomic mass is 9.91. The van der Waals surface area contributed by atoms with Crippen molar-refractivity contribution in [2.75, 3.05) is 6.61 Å². The number of carboxylic acid groups (broad SMARTS) is 1. The van der Waals surface area contributed by atoms with Crippen LogP contribution in [0.15, 0.2) is 36.4 Å². The van der Waals surface area contributed by atoms with Crippen LogP contribution in [0.1, 0.15) is 68.2 Å². The third-order valence-corrected chi connectivity index (χ3v) is 7.14. The van der Waals surface area contributed by atoms with Crippen LogP contribution in [0.25, 0.3) is 28.2 Å². The lowest BCUT2D eigenvalue weighted by Crippen LogP contribution is -2.29. The number of benzene rings is 2. The smallest absolute Gasteiger partial charge is 0.337 e. The van der Waals surface area contributed by atoms with Crippen LogP contribution in [0, 0.1) is 19.7 Å². The maximum absolute atomic E-state index is 15.5. The summed E-state index contributed by atoms with van der Waals surface area (Å²) < 4.78 is 28.9. The Morgan fingerprint density at radius 1 is 1.21 bits per heavy atom. The Balaban J connectivity index is 1.84. The Kier molecular flexibility index (Phi) is 6.93. The monoisotopic (exact) mass is 531 g/mol. The molecule has 0 saturated carbocycles. The van der Waals surface area contributed by atoms with Gasteiger partial charge < -0.3 is 14.6 Å². The molecule has 0 radical (unpaired) electrons. The van der Waals surface area contributed by atoms with Crippen molar-refractivity contribution in [2.45, 2.75) is 72.5 Å². The van der Waals surface area contributed by atoms with Gasteiger partial charge in [0.2, 0.25) is 0 Å². The van der Waals surface area contributed by atoms with Gasteiger partial charge in [0, 0.05) is 34.0 Å². The Morgan fingerprint density at radius 3 is 2.56 bits per heavy atom. The van der Waals surface area contributed by atoms with E-state index in [4.69, 9.17) is 19.6 Å². The molecule has 204 valence electrons. The van der Waals surface area contributed by atoms with Crippen LogP contribution in [0.2, 0.25) is 0 Å². The number of carbonyl (C=O) groups is 1. The molecule has 7 nitrogen and oxygen atoms in total. The topological polar surface area (TPSA) is 86.0 Å². The van der Waals surface area contributed by atoms with Gasteiger partial charge in [-0.25, -0.2) is 18.7 Å². The van der Waals surface area contributed by atoms with E-state index < -0.39 is 23.5 Å². The third-order valence-electron chi connectivity index (χ3n) is 7.14. The van der Waals surface area contributed by atoms with Gasteiger partial charge in [-0.15, -0.1) is 0 Å². The minimum Gasteiger partial charge on any atom is -0.490 e. The second-order valence-electron chi connectivity index (χ2n) is 11.0. The molecular formula is C31H34FN3O4.